The predicted octanol–water partition coefficient (Wildman–Crippen LogP) is 2.12. The first-order chi connectivity index (χ1) is 8.10. The summed E-state index contributed by atoms with van der Waals surface area (Å²) in [6.07, 6.45) is -0.722. The van der Waals surface area contributed by atoms with Crippen LogP contribution in [0.3, 0.4) is 0 Å². The number of carbonyl (C=O) groups is 1. The van der Waals surface area contributed by atoms with Crippen molar-refractivity contribution in [1.29, 1.82) is 0 Å². The molecule has 0 aliphatic rings. The third-order valence-corrected chi connectivity index (χ3v) is 5.10. The minimum Gasteiger partial charge on any atom is -0.450 e. The molecule has 0 heterocycles. The van der Waals surface area contributed by atoms with E-state index in [-0.39, 0.29) is 6.61 Å². The lowest BCUT2D eigenvalue weighted by atomic mass is 10.5. The van der Waals surface area contributed by atoms with Gasteiger partial charge in [0.1, 0.15) is 0 Å². The van der Waals surface area contributed by atoms with Gasteiger partial charge in [-0.2, -0.15) is 0 Å². The van der Waals surface area contributed by atoms with Crippen molar-refractivity contribution in [3.05, 3.63) is 0 Å². The van der Waals surface area contributed by atoms with Crippen LogP contribution in [-0.4, -0.2) is 46.5 Å². The fraction of sp³-hybridized carbons (Fsp3) is 0.900. The van der Waals surface area contributed by atoms with E-state index in [1.807, 2.05) is 20.8 Å². The van der Waals surface area contributed by atoms with Gasteiger partial charge in [0.05, 0.1) is 6.61 Å². The van der Waals surface area contributed by atoms with Gasteiger partial charge >= 0.3 is 15.0 Å². The Morgan fingerprint density at radius 1 is 1.06 bits per heavy atom. The van der Waals surface area contributed by atoms with E-state index in [0.29, 0.717) is 32.3 Å². The smallest absolute Gasteiger partial charge is 0.450 e. The first-order valence-corrected chi connectivity index (χ1v) is 7.81. The van der Waals surface area contributed by atoms with E-state index in [2.05, 4.69) is 4.74 Å². The molecule has 0 aromatic heterocycles. The Labute approximate surface area is 103 Å². The van der Waals surface area contributed by atoms with Crippen molar-refractivity contribution in [2.45, 2.75) is 33.2 Å². The second-order valence-corrected chi connectivity index (χ2v) is 5.93. The molecule has 6 nitrogen and oxygen atoms in total. The normalized spacial score (nSPS) is 11.5. The average molecular weight is 266 g/mol. The molecular weight excluding hydrogens is 244 g/mol. The van der Waals surface area contributed by atoms with Crippen molar-refractivity contribution >= 4 is 15.0 Å². The van der Waals surface area contributed by atoms with Gasteiger partial charge in [-0.25, -0.2) is 4.79 Å². The highest BCUT2D eigenvalue weighted by molar-refractivity contribution is 6.60. The van der Waals surface area contributed by atoms with Crippen LogP contribution in [0.4, 0.5) is 4.79 Å². The Balaban J connectivity index is 4.18. The van der Waals surface area contributed by atoms with Gasteiger partial charge in [-0.1, -0.05) is 0 Å². The lowest BCUT2D eigenvalue weighted by Gasteiger charge is -2.28. The SMILES string of the molecule is CCO[Si](CCCOC(=O)O)(OCC)OCC. The topological polar surface area (TPSA) is 74.2 Å². The molecule has 7 heteroatoms. The highest BCUT2D eigenvalue weighted by Crippen LogP contribution is 2.18. The summed E-state index contributed by atoms with van der Waals surface area (Å²) in [4.78, 5) is 10.2. The molecule has 0 radical (unpaired) electrons. The molecule has 0 aromatic carbocycles. The maximum absolute atomic E-state index is 10.2. The van der Waals surface area contributed by atoms with Gasteiger partial charge in [0.25, 0.3) is 0 Å². The lowest BCUT2D eigenvalue weighted by molar-refractivity contribution is 0.0642. The van der Waals surface area contributed by atoms with Crippen LogP contribution < -0.4 is 0 Å². The fourth-order valence-electron chi connectivity index (χ4n) is 1.45. The second kappa shape index (κ2) is 9.40. The predicted molar refractivity (Wildman–Crippen MR) is 64.0 cm³/mol. The van der Waals surface area contributed by atoms with E-state index in [0.717, 1.165) is 0 Å². The van der Waals surface area contributed by atoms with Crippen LogP contribution in [0.25, 0.3) is 0 Å². The summed E-state index contributed by atoms with van der Waals surface area (Å²) >= 11 is 0. The summed E-state index contributed by atoms with van der Waals surface area (Å²) in [6, 6.07) is 0.565. The van der Waals surface area contributed by atoms with Crippen LogP contribution in [-0.2, 0) is 18.0 Å². The van der Waals surface area contributed by atoms with Gasteiger partial charge in [0.2, 0.25) is 0 Å². The van der Waals surface area contributed by atoms with Crippen molar-refractivity contribution in [3.8, 4) is 0 Å². The third kappa shape index (κ3) is 7.32. The number of hydrogen-bond donors (Lipinski definition) is 1. The van der Waals surface area contributed by atoms with Gasteiger partial charge in [-0.3, -0.25) is 0 Å². The van der Waals surface area contributed by atoms with Crippen molar-refractivity contribution in [2.24, 2.45) is 0 Å². The molecule has 0 rings (SSSR count). The van der Waals surface area contributed by atoms with Crippen LogP contribution in [0.5, 0.6) is 0 Å². The Hall–Kier alpha value is -0.633. The number of ether oxygens (including phenoxy) is 1. The maximum Gasteiger partial charge on any atom is 0.505 e. The maximum atomic E-state index is 10.2. The molecule has 1 N–H and O–H groups in total. The van der Waals surface area contributed by atoms with E-state index in [1.165, 1.54) is 0 Å². The molecule has 0 bridgehead atoms. The van der Waals surface area contributed by atoms with Gasteiger partial charge in [-0.15, -0.1) is 0 Å². The zero-order valence-electron chi connectivity index (χ0n) is 10.7. The van der Waals surface area contributed by atoms with Crippen molar-refractivity contribution in [2.75, 3.05) is 26.4 Å². The van der Waals surface area contributed by atoms with Crippen LogP contribution in [0.15, 0.2) is 0 Å². The zero-order valence-corrected chi connectivity index (χ0v) is 11.7. The zero-order chi connectivity index (χ0) is 13.1. The first kappa shape index (κ1) is 16.4. The molecule has 0 atom stereocenters. The number of rotatable bonds is 10. The lowest BCUT2D eigenvalue weighted by Crippen LogP contribution is -2.46. The van der Waals surface area contributed by atoms with Crippen molar-refractivity contribution in [1.82, 2.24) is 0 Å². The quantitative estimate of drug-likeness (QED) is 0.371. The van der Waals surface area contributed by atoms with Gasteiger partial charge in [0, 0.05) is 25.9 Å². The Bertz CT molecular complexity index is 194. The monoisotopic (exact) mass is 266 g/mol. The fourth-order valence-corrected chi connectivity index (χ4v) is 4.03. The molecule has 0 spiro atoms. The summed E-state index contributed by atoms with van der Waals surface area (Å²) in [7, 11) is -2.64. The van der Waals surface area contributed by atoms with E-state index < -0.39 is 15.0 Å². The van der Waals surface area contributed by atoms with Gasteiger partial charge < -0.3 is 23.1 Å². The first-order valence-electron chi connectivity index (χ1n) is 5.87. The van der Waals surface area contributed by atoms with Gasteiger partial charge in [0.15, 0.2) is 0 Å². The molecule has 0 amide bonds. The molecule has 17 heavy (non-hydrogen) atoms. The molecule has 0 saturated heterocycles. The Morgan fingerprint density at radius 2 is 1.53 bits per heavy atom. The minimum absolute atomic E-state index is 0.136. The number of hydrogen-bond acceptors (Lipinski definition) is 5. The van der Waals surface area contributed by atoms with Crippen molar-refractivity contribution < 1.29 is 27.9 Å². The van der Waals surface area contributed by atoms with E-state index in [4.69, 9.17) is 18.4 Å². The van der Waals surface area contributed by atoms with Crippen LogP contribution >= 0.6 is 0 Å². The highest BCUT2D eigenvalue weighted by atomic mass is 28.4. The summed E-state index contributed by atoms with van der Waals surface area (Å²) in [5.74, 6) is 0. The largest absolute Gasteiger partial charge is 0.505 e. The number of carboxylic acid groups (broad SMARTS) is 1. The third-order valence-electron chi connectivity index (χ3n) is 1.95. The van der Waals surface area contributed by atoms with E-state index >= 15 is 0 Å². The molecule has 0 aliphatic carbocycles. The minimum atomic E-state index is -2.64. The average Bonchev–Trinajstić information content (AvgIpc) is 2.25. The summed E-state index contributed by atoms with van der Waals surface area (Å²) in [5, 5.41) is 8.35. The molecular formula is C10H22O6Si. The molecule has 0 fully saturated rings. The summed E-state index contributed by atoms with van der Waals surface area (Å²) in [6.45, 7) is 7.34. The van der Waals surface area contributed by atoms with Crippen molar-refractivity contribution in [3.63, 3.8) is 0 Å². The summed E-state index contributed by atoms with van der Waals surface area (Å²) in [5.41, 5.74) is 0. The molecule has 0 aliphatic heterocycles. The van der Waals surface area contributed by atoms with Crippen LogP contribution in [0.2, 0.25) is 6.04 Å². The van der Waals surface area contributed by atoms with Crippen LogP contribution in [0.1, 0.15) is 27.2 Å². The second-order valence-electron chi connectivity index (χ2n) is 3.20. The molecule has 0 aromatic rings. The molecule has 0 saturated carbocycles. The van der Waals surface area contributed by atoms with E-state index in [1.54, 1.807) is 0 Å². The Kier molecular flexibility index (Phi) is 9.05. The molecule has 0 unspecified atom stereocenters. The van der Waals surface area contributed by atoms with Crippen LogP contribution in [0, 0.1) is 0 Å². The highest BCUT2D eigenvalue weighted by Gasteiger charge is 2.39. The summed E-state index contributed by atoms with van der Waals surface area (Å²) < 4.78 is 21.3. The standard InChI is InChI=1S/C10H22O6Si/c1-4-14-17(15-5-2,16-6-3)9-7-8-13-10(11)12/h4-9H2,1-3H3,(H,11,12). The molecule has 102 valence electrons. The Morgan fingerprint density at radius 3 is 1.88 bits per heavy atom. The van der Waals surface area contributed by atoms with Gasteiger partial charge in [-0.05, 0) is 27.2 Å². The van der Waals surface area contributed by atoms with E-state index in [9.17, 15) is 4.79 Å².